The first-order chi connectivity index (χ1) is 8.26. The predicted molar refractivity (Wildman–Crippen MR) is 78.7 cm³/mol. The molecule has 0 fully saturated rings. The van der Waals surface area contributed by atoms with Crippen LogP contribution in [0.25, 0.3) is 0 Å². The summed E-state index contributed by atoms with van der Waals surface area (Å²) in [6, 6.07) is 8.92. The average Bonchev–Trinajstić information content (AvgIpc) is 2.30. The molecule has 0 aromatic heterocycles. The quantitative estimate of drug-likeness (QED) is 0.540. The number of hydrogen-bond donors (Lipinski definition) is 1. The van der Waals surface area contributed by atoms with Gasteiger partial charge in [-0.05, 0) is 37.1 Å². The summed E-state index contributed by atoms with van der Waals surface area (Å²) in [6.45, 7) is 8.86. The highest BCUT2D eigenvalue weighted by molar-refractivity contribution is 7.99. The molecule has 17 heavy (non-hydrogen) atoms. The van der Waals surface area contributed by atoms with E-state index in [1.54, 1.807) is 0 Å². The number of nitrogens with one attached hydrogen (secondary N) is 1. The van der Waals surface area contributed by atoms with Crippen molar-refractivity contribution in [2.45, 2.75) is 56.7 Å². The third-order valence-corrected chi connectivity index (χ3v) is 3.85. The van der Waals surface area contributed by atoms with Crippen molar-refractivity contribution in [2.24, 2.45) is 0 Å². The zero-order valence-corrected chi connectivity index (χ0v) is 12.1. The van der Waals surface area contributed by atoms with E-state index >= 15 is 0 Å². The summed E-state index contributed by atoms with van der Waals surface area (Å²) in [4.78, 5) is 1.40. The highest BCUT2D eigenvalue weighted by atomic mass is 32.2. The van der Waals surface area contributed by atoms with Crippen LogP contribution in [0.5, 0.6) is 0 Å². The summed E-state index contributed by atoms with van der Waals surface area (Å²) in [7, 11) is 0. The Hall–Kier alpha value is -0.470. The third kappa shape index (κ3) is 6.13. The van der Waals surface area contributed by atoms with E-state index < -0.39 is 0 Å². The summed E-state index contributed by atoms with van der Waals surface area (Å²) in [5, 5.41) is 4.17. The minimum absolute atomic E-state index is 0.721. The minimum atomic E-state index is 0.721. The predicted octanol–water partition coefficient (Wildman–Crippen LogP) is 4.47. The van der Waals surface area contributed by atoms with E-state index in [1.165, 1.54) is 29.7 Å². The summed E-state index contributed by atoms with van der Waals surface area (Å²) < 4.78 is 0. The Morgan fingerprint density at radius 2 is 2.06 bits per heavy atom. The van der Waals surface area contributed by atoms with Gasteiger partial charge in [0.1, 0.15) is 0 Å². The van der Waals surface area contributed by atoms with Crippen LogP contribution in [-0.4, -0.2) is 11.8 Å². The van der Waals surface area contributed by atoms with Crippen molar-refractivity contribution in [3.63, 3.8) is 0 Å². The lowest BCUT2D eigenvalue weighted by Gasteiger charge is -2.11. The molecule has 0 saturated carbocycles. The van der Waals surface area contributed by atoms with Gasteiger partial charge in [0.25, 0.3) is 0 Å². The monoisotopic (exact) mass is 251 g/mol. The molecule has 0 radical (unpaired) electrons. The standard InChI is InChI=1S/C15H25NS/c1-4-7-13(3)17-15-9-6-8-14(11-15)12-16-10-5-2/h6,8-9,11,13,16H,4-5,7,10,12H2,1-3H3. The molecule has 0 amide bonds. The van der Waals surface area contributed by atoms with Crippen LogP contribution in [0.4, 0.5) is 0 Å². The zero-order valence-electron chi connectivity index (χ0n) is 11.3. The van der Waals surface area contributed by atoms with Gasteiger partial charge in [-0.25, -0.2) is 0 Å². The van der Waals surface area contributed by atoms with Gasteiger partial charge in [-0.2, -0.15) is 0 Å². The van der Waals surface area contributed by atoms with Crippen molar-refractivity contribution >= 4 is 11.8 Å². The average molecular weight is 251 g/mol. The number of benzene rings is 1. The number of thioether (sulfide) groups is 1. The maximum atomic E-state index is 3.45. The molecule has 0 spiro atoms. The van der Waals surface area contributed by atoms with Gasteiger partial charge in [-0.3, -0.25) is 0 Å². The smallest absolute Gasteiger partial charge is 0.0205 e. The molecule has 96 valence electrons. The van der Waals surface area contributed by atoms with Gasteiger partial charge < -0.3 is 5.32 Å². The fraction of sp³-hybridized carbons (Fsp3) is 0.600. The van der Waals surface area contributed by atoms with Gasteiger partial charge in [0.05, 0.1) is 0 Å². The van der Waals surface area contributed by atoms with Gasteiger partial charge >= 0.3 is 0 Å². The zero-order chi connectivity index (χ0) is 12.5. The molecule has 0 heterocycles. The Labute approximate surface area is 110 Å². The fourth-order valence-corrected chi connectivity index (χ4v) is 3.03. The van der Waals surface area contributed by atoms with Gasteiger partial charge in [-0.1, -0.05) is 39.3 Å². The first kappa shape index (κ1) is 14.6. The second-order valence-electron chi connectivity index (χ2n) is 4.54. The molecule has 1 nitrogen and oxygen atoms in total. The second-order valence-corrected chi connectivity index (χ2v) is 6.05. The molecule has 1 aromatic rings. The van der Waals surface area contributed by atoms with Gasteiger partial charge in [0.2, 0.25) is 0 Å². The van der Waals surface area contributed by atoms with Gasteiger partial charge in [-0.15, -0.1) is 11.8 Å². The van der Waals surface area contributed by atoms with E-state index in [-0.39, 0.29) is 0 Å². The minimum Gasteiger partial charge on any atom is -0.313 e. The highest BCUT2D eigenvalue weighted by Crippen LogP contribution is 2.26. The van der Waals surface area contributed by atoms with Crippen molar-refractivity contribution < 1.29 is 0 Å². The van der Waals surface area contributed by atoms with Crippen molar-refractivity contribution in [3.05, 3.63) is 29.8 Å². The Morgan fingerprint density at radius 1 is 1.24 bits per heavy atom. The van der Waals surface area contributed by atoms with Crippen molar-refractivity contribution in [1.82, 2.24) is 5.32 Å². The molecule has 0 aliphatic heterocycles. The van der Waals surface area contributed by atoms with Crippen molar-refractivity contribution in [1.29, 1.82) is 0 Å². The van der Waals surface area contributed by atoms with Crippen LogP contribution < -0.4 is 5.32 Å². The van der Waals surface area contributed by atoms with Crippen LogP contribution in [0.1, 0.15) is 45.6 Å². The van der Waals surface area contributed by atoms with Crippen LogP contribution >= 0.6 is 11.8 Å². The van der Waals surface area contributed by atoms with E-state index in [2.05, 4.69) is 50.4 Å². The molecular weight excluding hydrogens is 226 g/mol. The Bertz CT molecular complexity index is 312. The molecule has 0 bridgehead atoms. The molecule has 0 aliphatic carbocycles. The lowest BCUT2D eigenvalue weighted by atomic mass is 10.2. The molecule has 1 unspecified atom stereocenters. The maximum absolute atomic E-state index is 3.45. The molecule has 0 saturated heterocycles. The topological polar surface area (TPSA) is 12.0 Å². The molecular formula is C15H25NS. The first-order valence-electron chi connectivity index (χ1n) is 6.72. The van der Waals surface area contributed by atoms with Crippen LogP contribution in [-0.2, 0) is 6.54 Å². The Kier molecular flexibility index (Phi) is 7.38. The summed E-state index contributed by atoms with van der Waals surface area (Å²) in [5.74, 6) is 0. The molecule has 1 rings (SSSR count). The van der Waals surface area contributed by atoms with Crippen LogP contribution in [0.15, 0.2) is 29.2 Å². The third-order valence-electron chi connectivity index (χ3n) is 2.69. The number of rotatable bonds is 8. The lowest BCUT2D eigenvalue weighted by molar-refractivity contribution is 0.674. The van der Waals surface area contributed by atoms with Crippen LogP contribution in [0, 0.1) is 0 Å². The molecule has 0 aliphatic rings. The van der Waals surface area contributed by atoms with Crippen LogP contribution in [0.3, 0.4) is 0 Å². The Morgan fingerprint density at radius 3 is 2.76 bits per heavy atom. The number of hydrogen-bond acceptors (Lipinski definition) is 2. The fourth-order valence-electron chi connectivity index (χ4n) is 1.84. The SMILES string of the molecule is CCCNCc1cccc(SC(C)CCC)c1. The second kappa shape index (κ2) is 8.60. The molecule has 1 aromatic carbocycles. The first-order valence-corrected chi connectivity index (χ1v) is 7.60. The van der Waals surface area contributed by atoms with E-state index in [1.807, 2.05) is 11.8 Å². The van der Waals surface area contributed by atoms with E-state index in [9.17, 15) is 0 Å². The van der Waals surface area contributed by atoms with Gasteiger partial charge in [0.15, 0.2) is 0 Å². The summed E-state index contributed by atoms with van der Waals surface area (Å²) >= 11 is 1.99. The van der Waals surface area contributed by atoms with Gasteiger partial charge in [0, 0.05) is 16.7 Å². The largest absolute Gasteiger partial charge is 0.313 e. The Balaban J connectivity index is 2.47. The van der Waals surface area contributed by atoms with E-state index in [4.69, 9.17) is 0 Å². The van der Waals surface area contributed by atoms with Crippen molar-refractivity contribution in [2.75, 3.05) is 6.54 Å². The van der Waals surface area contributed by atoms with E-state index in [0.29, 0.717) is 0 Å². The van der Waals surface area contributed by atoms with E-state index in [0.717, 1.165) is 18.3 Å². The molecule has 1 N–H and O–H groups in total. The normalized spacial score (nSPS) is 12.6. The summed E-state index contributed by atoms with van der Waals surface area (Å²) in [5.41, 5.74) is 1.40. The molecule has 2 heteroatoms. The van der Waals surface area contributed by atoms with Crippen molar-refractivity contribution in [3.8, 4) is 0 Å². The maximum Gasteiger partial charge on any atom is 0.0205 e. The molecule has 1 atom stereocenters. The van der Waals surface area contributed by atoms with Crippen LogP contribution in [0.2, 0.25) is 0 Å². The lowest BCUT2D eigenvalue weighted by Crippen LogP contribution is -2.13. The highest BCUT2D eigenvalue weighted by Gasteiger charge is 2.03. The summed E-state index contributed by atoms with van der Waals surface area (Å²) in [6.07, 6.45) is 3.76.